The van der Waals surface area contributed by atoms with E-state index in [4.69, 9.17) is 18.6 Å². The fourth-order valence-corrected chi connectivity index (χ4v) is 4.05. The lowest BCUT2D eigenvalue weighted by Crippen LogP contribution is -2.29. The standard InChI is InChI=1S/C24H32N2O5/c1-15-11-19(15)20-8-7-18(31-20)14-26(17-5-6-17)10-9-23(27)25-16-12-21(28-2)24(30-4)22(13-16)29-3/h7-8,12-13,15,17,19H,5-6,9-11,14H2,1-4H3,(H,25,27). The highest BCUT2D eigenvalue weighted by Crippen LogP contribution is 2.47. The minimum absolute atomic E-state index is 0.0492. The predicted molar refractivity (Wildman–Crippen MR) is 118 cm³/mol. The zero-order valence-corrected chi connectivity index (χ0v) is 18.8. The molecule has 2 atom stereocenters. The van der Waals surface area contributed by atoms with Gasteiger partial charge in [0.1, 0.15) is 11.5 Å². The van der Waals surface area contributed by atoms with Crippen molar-refractivity contribution in [1.29, 1.82) is 0 Å². The zero-order chi connectivity index (χ0) is 22.0. The highest BCUT2D eigenvalue weighted by Gasteiger charge is 2.37. The third kappa shape index (κ3) is 5.15. The van der Waals surface area contributed by atoms with Gasteiger partial charge in [0.15, 0.2) is 11.5 Å². The number of furan rings is 1. The molecule has 4 rings (SSSR count). The molecule has 2 aliphatic rings. The number of amides is 1. The molecule has 1 aromatic carbocycles. The first-order valence-electron chi connectivity index (χ1n) is 10.9. The van der Waals surface area contributed by atoms with E-state index in [1.54, 1.807) is 33.5 Å². The topological polar surface area (TPSA) is 73.2 Å². The molecule has 0 saturated heterocycles. The molecule has 2 aliphatic carbocycles. The van der Waals surface area contributed by atoms with Crippen molar-refractivity contribution in [2.45, 2.75) is 51.1 Å². The highest BCUT2D eigenvalue weighted by molar-refractivity contribution is 5.91. The maximum absolute atomic E-state index is 12.6. The third-order valence-electron chi connectivity index (χ3n) is 6.15. The van der Waals surface area contributed by atoms with Gasteiger partial charge in [-0.3, -0.25) is 9.69 Å². The van der Waals surface area contributed by atoms with E-state index in [2.05, 4.69) is 29.3 Å². The Morgan fingerprint density at radius 2 is 1.81 bits per heavy atom. The van der Waals surface area contributed by atoms with Crippen molar-refractivity contribution < 1.29 is 23.4 Å². The monoisotopic (exact) mass is 428 g/mol. The number of methoxy groups -OCH3 is 3. The van der Waals surface area contributed by atoms with Crippen LogP contribution in [0.1, 0.15) is 50.0 Å². The molecule has 1 aromatic heterocycles. The number of rotatable bonds is 11. The van der Waals surface area contributed by atoms with Gasteiger partial charge in [0.05, 0.1) is 27.9 Å². The van der Waals surface area contributed by atoms with Gasteiger partial charge < -0.3 is 23.9 Å². The zero-order valence-electron chi connectivity index (χ0n) is 18.8. The van der Waals surface area contributed by atoms with Crippen LogP contribution in [0.3, 0.4) is 0 Å². The summed E-state index contributed by atoms with van der Waals surface area (Å²) in [6.07, 6.45) is 3.99. The number of anilines is 1. The summed E-state index contributed by atoms with van der Waals surface area (Å²) in [5.41, 5.74) is 0.617. The maximum Gasteiger partial charge on any atom is 0.225 e. The minimum atomic E-state index is -0.0492. The number of carbonyl (C=O) groups is 1. The van der Waals surface area contributed by atoms with Crippen LogP contribution < -0.4 is 19.5 Å². The largest absolute Gasteiger partial charge is 0.493 e. The third-order valence-corrected chi connectivity index (χ3v) is 6.15. The van der Waals surface area contributed by atoms with Gasteiger partial charge in [-0.1, -0.05) is 6.92 Å². The van der Waals surface area contributed by atoms with Gasteiger partial charge in [0, 0.05) is 42.7 Å². The summed E-state index contributed by atoms with van der Waals surface area (Å²) < 4.78 is 22.1. The van der Waals surface area contributed by atoms with Crippen molar-refractivity contribution in [2.75, 3.05) is 33.2 Å². The molecule has 7 nitrogen and oxygen atoms in total. The van der Waals surface area contributed by atoms with E-state index in [1.165, 1.54) is 19.3 Å². The lowest BCUT2D eigenvalue weighted by atomic mass is 10.2. The fraction of sp³-hybridized carbons (Fsp3) is 0.542. The summed E-state index contributed by atoms with van der Waals surface area (Å²) >= 11 is 0. The van der Waals surface area contributed by atoms with E-state index in [0.29, 0.717) is 47.9 Å². The molecule has 1 heterocycles. The Balaban J connectivity index is 1.34. The van der Waals surface area contributed by atoms with Gasteiger partial charge in [-0.15, -0.1) is 0 Å². The molecule has 1 amide bonds. The van der Waals surface area contributed by atoms with Crippen LogP contribution in [0.2, 0.25) is 0 Å². The Kier molecular flexibility index (Phi) is 6.41. The molecule has 0 spiro atoms. The van der Waals surface area contributed by atoms with E-state index in [9.17, 15) is 4.79 Å². The van der Waals surface area contributed by atoms with E-state index in [-0.39, 0.29) is 5.91 Å². The SMILES string of the molecule is COc1cc(NC(=O)CCN(Cc2ccc(C3CC3C)o2)C2CC2)cc(OC)c1OC. The second-order valence-corrected chi connectivity index (χ2v) is 8.54. The molecule has 1 N–H and O–H groups in total. The van der Waals surface area contributed by atoms with Gasteiger partial charge >= 0.3 is 0 Å². The molecule has 7 heteroatoms. The first-order chi connectivity index (χ1) is 15.0. The van der Waals surface area contributed by atoms with Gasteiger partial charge in [-0.2, -0.15) is 0 Å². The Morgan fingerprint density at radius 1 is 1.13 bits per heavy atom. The molecule has 0 aliphatic heterocycles. The summed E-state index contributed by atoms with van der Waals surface area (Å²) in [4.78, 5) is 15.0. The van der Waals surface area contributed by atoms with Gasteiger partial charge in [0.25, 0.3) is 0 Å². The normalized spacial score (nSPS) is 19.9. The number of ether oxygens (including phenoxy) is 3. The molecule has 31 heavy (non-hydrogen) atoms. The van der Waals surface area contributed by atoms with Crippen LogP contribution in [-0.2, 0) is 11.3 Å². The van der Waals surface area contributed by atoms with Crippen molar-refractivity contribution in [3.05, 3.63) is 35.8 Å². The summed E-state index contributed by atoms with van der Waals surface area (Å²) in [6.45, 7) is 3.70. The number of carbonyl (C=O) groups excluding carboxylic acids is 1. The molecule has 2 aromatic rings. The quantitative estimate of drug-likeness (QED) is 0.571. The van der Waals surface area contributed by atoms with Crippen molar-refractivity contribution in [3.63, 3.8) is 0 Å². The molecule has 168 valence electrons. The number of benzene rings is 1. The second-order valence-electron chi connectivity index (χ2n) is 8.54. The van der Waals surface area contributed by atoms with Crippen molar-refractivity contribution in [2.24, 2.45) is 5.92 Å². The number of nitrogens with one attached hydrogen (secondary N) is 1. The van der Waals surface area contributed by atoms with Gasteiger partial charge in [-0.05, 0) is 37.3 Å². The van der Waals surface area contributed by atoms with E-state index in [0.717, 1.165) is 24.0 Å². The van der Waals surface area contributed by atoms with E-state index >= 15 is 0 Å². The second kappa shape index (κ2) is 9.22. The Labute approximate surface area is 183 Å². The van der Waals surface area contributed by atoms with Crippen LogP contribution in [0.15, 0.2) is 28.7 Å². The fourth-order valence-electron chi connectivity index (χ4n) is 4.05. The number of hydrogen-bond donors (Lipinski definition) is 1. The van der Waals surface area contributed by atoms with E-state index in [1.807, 2.05) is 0 Å². The average molecular weight is 429 g/mol. The maximum atomic E-state index is 12.6. The molecule has 0 radical (unpaired) electrons. The number of nitrogens with zero attached hydrogens (tertiary/aromatic N) is 1. The molecule has 2 fully saturated rings. The highest BCUT2D eigenvalue weighted by atomic mass is 16.5. The van der Waals surface area contributed by atoms with Crippen LogP contribution in [0.4, 0.5) is 5.69 Å². The molecule has 0 bridgehead atoms. The summed E-state index contributed by atoms with van der Waals surface area (Å²) in [7, 11) is 4.67. The lowest BCUT2D eigenvalue weighted by Gasteiger charge is -2.20. The summed E-state index contributed by atoms with van der Waals surface area (Å²) in [6, 6.07) is 8.22. The molecule has 2 unspecified atom stereocenters. The van der Waals surface area contributed by atoms with Crippen LogP contribution >= 0.6 is 0 Å². The molecular formula is C24H32N2O5. The van der Waals surface area contributed by atoms with Crippen LogP contribution in [-0.4, -0.2) is 44.7 Å². The van der Waals surface area contributed by atoms with Crippen LogP contribution in [0.25, 0.3) is 0 Å². The predicted octanol–water partition coefficient (Wildman–Crippen LogP) is 4.42. The summed E-state index contributed by atoms with van der Waals surface area (Å²) in [5, 5.41) is 2.95. The smallest absolute Gasteiger partial charge is 0.225 e. The molecular weight excluding hydrogens is 396 g/mol. The van der Waals surface area contributed by atoms with Crippen molar-refractivity contribution in [1.82, 2.24) is 4.90 Å². The van der Waals surface area contributed by atoms with Gasteiger partial charge in [0.2, 0.25) is 11.7 Å². The number of hydrogen-bond acceptors (Lipinski definition) is 6. The van der Waals surface area contributed by atoms with Crippen molar-refractivity contribution >= 4 is 11.6 Å². The summed E-state index contributed by atoms with van der Waals surface area (Å²) in [5.74, 6) is 4.90. The van der Waals surface area contributed by atoms with E-state index < -0.39 is 0 Å². The minimum Gasteiger partial charge on any atom is -0.493 e. The first-order valence-corrected chi connectivity index (χ1v) is 10.9. The lowest BCUT2D eigenvalue weighted by molar-refractivity contribution is -0.116. The molecule has 2 saturated carbocycles. The van der Waals surface area contributed by atoms with Crippen molar-refractivity contribution in [3.8, 4) is 17.2 Å². The van der Waals surface area contributed by atoms with Crippen LogP contribution in [0, 0.1) is 5.92 Å². The average Bonchev–Trinajstić information content (AvgIpc) is 3.69. The Hall–Kier alpha value is -2.67. The Morgan fingerprint density at radius 3 is 2.35 bits per heavy atom. The Bertz CT molecular complexity index is 895. The van der Waals surface area contributed by atoms with Crippen LogP contribution in [0.5, 0.6) is 17.2 Å². The van der Waals surface area contributed by atoms with Gasteiger partial charge in [-0.25, -0.2) is 0 Å². The first kappa shape index (κ1) is 21.6.